The van der Waals surface area contributed by atoms with Gasteiger partial charge in [-0.15, -0.1) is 0 Å². The van der Waals surface area contributed by atoms with Crippen molar-refractivity contribution in [2.24, 2.45) is 5.92 Å². The molecule has 21 heavy (non-hydrogen) atoms. The van der Waals surface area contributed by atoms with Crippen LogP contribution in [0.15, 0.2) is 18.2 Å². The van der Waals surface area contributed by atoms with Gasteiger partial charge in [-0.3, -0.25) is 9.69 Å². The highest BCUT2D eigenvalue weighted by Crippen LogP contribution is 2.25. The van der Waals surface area contributed by atoms with Crippen molar-refractivity contribution < 1.29 is 9.90 Å². The molecule has 0 aliphatic carbocycles. The zero-order chi connectivity index (χ0) is 15.4. The number of hydrogen-bond donors (Lipinski definition) is 1. The number of rotatable bonds is 5. The maximum atomic E-state index is 11.1. The first-order valence-corrected chi connectivity index (χ1v) is 8.00. The molecule has 0 amide bonds. The lowest BCUT2D eigenvalue weighted by Gasteiger charge is -2.36. The van der Waals surface area contributed by atoms with Crippen LogP contribution in [0.1, 0.15) is 49.3 Å². The highest BCUT2D eigenvalue weighted by atomic mass is 16.4. The third-order valence-corrected chi connectivity index (χ3v) is 4.75. The average molecular weight is 289 g/mol. The standard InChI is InChI=1S/C18H27NO2/c1-13-7-8-16(10-14(13)2)12-19-9-5-4-6-17(19)11-15(3)18(20)21/h7-8,10,15,17H,4-6,9,11-12H2,1-3H3,(H,20,21). The molecule has 0 radical (unpaired) electrons. The van der Waals surface area contributed by atoms with Gasteiger partial charge in [0.1, 0.15) is 0 Å². The van der Waals surface area contributed by atoms with Crippen LogP contribution in [0.4, 0.5) is 0 Å². The summed E-state index contributed by atoms with van der Waals surface area (Å²) in [6.45, 7) is 8.14. The predicted molar refractivity (Wildman–Crippen MR) is 85.4 cm³/mol. The molecular formula is C18H27NO2. The fraction of sp³-hybridized carbons (Fsp3) is 0.611. The van der Waals surface area contributed by atoms with Gasteiger partial charge in [-0.05, 0) is 56.3 Å². The number of aliphatic carboxylic acids is 1. The molecule has 1 heterocycles. The van der Waals surface area contributed by atoms with Crippen LogP contribution in [0.25, 0.3) is 0 Å². The van der Waals surface area contributed by atoms with E-state index in [1.165, 1.54) is 29.5 Å². The van der Waals surface area contributed by atoms with Crippen molar-refractivity contribution in [3.63, 3.8) is 0 Å². The van der Waals surface area contributed by atoms with E-state index in [2.05, 4.69) is 36.9 Å². The molecule has 3 heteroatoms. The number of nitrogens with zero attached hydrogens (tertiary/aromatic N) is 1. The Labute approximate surface area is 128 Å². The van der Waals surface area contributed by atoms with Gasteiger partial charge in [-0.1, -0.05) is 31.5 Å². The second-order valence-electron chi connectivity index (χ2n) is 6.51. The molecule has 2 rings (SSSR count). The third kappa shape index (κ3) is 4.31. The first kappa shape index (κ1) is 16.0. The largest absolute Gasteiger partial charge is 0.481 e. The third-order valence-electron chi connectivity index (χ3n) is 4.75. The van der Waals surface area contributed by atoms with Gasteiger partial charge < -0.3 is 5.11 Å². The fourth-order valence-electron chi connectivity index (χ4n) is 3.18. The quantitative estimate of drug-likeness (QED) is 0.897. The predicted octanol–water partition coefficient (Wildman–Crippen LogP) is 3.77. The minimum atomic E-state index is -0.674. The number of carboxylic acid groups (broad SMARTS) is 1. The summed E-state index contributed by atoms with van der Waals surface area (Å²) in [5.74, 6) is -0.929. The van der Waals surface area contributed by atoms with E-state index in [4.69, 9.17) is 5.11 Å². The van der Waals surface area contributed by atoms with Gasteiger partial charge in [-0.25, -0.2) is 0 Å². The van der Waals surface area contributed by atoms with E-state index in [0.717, 1.165) is 25.9 Å². The molecule has 2 unspecified atom stereocenters. The Morgan fingerprint density at radius 1 is 1.33 bits per heavy atom. The summed E-state index contributed by atoms with van der Waals surface area (Å²) in [4.78, 5) is 13.6. The fourth-order valence-corrected chi connectivity index (χ4v) is 3.18. The Bertz CT molecular complexity index is 498. The summed E-state index contributed by atoms with van der Waals surface area (Å²) in [7, 11) is 0. The molecule has 0 saturated carbocycles. The lowest BCUT2D eigenvalue weighted by Crippen LogP contribution is -2.40. The number of carbonyl (C=O) groups is 1. The molecule has 1 aromatic carbocycles. The number of piperidine rings is 1. The van der Waals surface area contributed by atoms with Gasteiger partial charge in [0.2, 0.25) is 0 Å². The molecule has 1 fully saturated rings. The monoisotopic (exact) mass is 289 g/mol. The van der Waals surface area contributed by atoms with Crippen LogP contribution in [0.5, 0.6) is 0 Å². The van der Waals surface area contributed by atoms with Gasteiger partial charge in [0.05, 0.1) is 5.92 Å². The highest BCUT2D eigenvalue weighted by molar-refractivity contribution is 5.69. The van der Waals surface area contributed by atoms with Crippen LogP contribution in [0.3, 0.4) is 0 Å². The van der Waals surface area contributed by atoms with Gasteiger partial charge >= 0.3 is 5.97 Å². The van der Waals surface area contributed by atoms with Crippen molar-refractivity contribution in [2.75, 3.05) is 6.54 Å². The lowest BCUT2D eigenvalue weighted by atomic mass is 9.92. The Balaban J connectivity index is 2.04. The topological polar surface area (TPSA) is 40.5 Å². The van der Waals surface area contributed by atoms with Crippen molar-refractivity contribution in [2.45, 2.75) is 59.0 Å². The summed E-state index contributed by atoms with van der Waals surface area (Å²) < 4.78 is 0. The van der Waals surface area contributed by atoms with Crippen LogP contribution in [0.2, 0.25) is 0 Å². The van der Waals surface area contributed by atoms with Crippen molar-refractivity contribution in [3.05, 3.63) is 34.9 Å². The maximum Gasteiger partial charge on any atom is 0.306 e. The van der Waals surface area contributed by atoms with Crippen LogP contribution < -0.4 is 0 Å². The van der Waals surface area contributed by atoms with Gasteiger partial charge in [0.15, 0.2) is 0 Å². The first-order valence-electron chi connectivity index (χ1n) is 8.00. The van der Waals surface area contributed by atoms with Crippen LogP contribution in [0, 0.1) is 19.8 Å². The average Bonchev–Trinajstić information content (AvgIpc) is 2.45. The molecule has 1 aromatic rings. The molecule has 0 spiro atoms. The molecule has 3 nitrogen and oxygen atoms in total. The van der Waals surface area contributed by atoms with Gasteiger partial charge in [0, 0.05) is 12.6 Å². The van der Waals surface area contributed by atoms with Crippen LogP contribution in [-0.4, -0.2) is 28.6 Å². The van der Waals surface area contributed by atoms with Gasteiger partial charge in [0.25, 0.3) is 0 Å². The van der Waals surface area contributed by atoms with E-state index in [1.54, 1.807) is 0 Å². The number of benzene rings is 1. The summed E-state index contributed by atoms with van der Waals surface area (Å²) in [5, 5.41) is 9.14. The summed E-state index contributed by atoms with van der Waals surface area (Å²) >= 11 is 0. The second kappa shape index (κ2) is 7.08. The van der Waals surface area contributed by atoms with E-state index in [-0.39, 0.29) is 5.92 Å². The molecule has 0 aromatic heterocycles. The molecule has 116 valence electrons. The number of hydrogen-bond acceptors (Lipinski definition) is 2. The molecule has 1 aliphatic rings. The SMILES string of the molecule is Cc1ccc(CN2CCCCC2CC(C)C(=O)O)cc1C. The molecular weight excluding hydrogens is 262 g/mol. The molecule has 0 bridgehead atoms. The van der Waals surface area contributed by atoms with E-state index in [0.29, 0.717) is 6.04 Å². The zero-order valence-electron chi connectivity index (χ0n) is 13.4. The first-order chi connectivity index (χ1) is 9.97. The Hall–Kier alpha value is -1.35. The highest BCUT2D eigenvalue weighted by Gasteiger charge is 2.26. The van der Waals surface area contributed by atoms with E-state index in [9.17, 15) is 4.79 Å². The number of aryl methyl sites for hydroxylation is 2. The van der Waals surface area contributed by atoms with Crippen LogP contribution >= 0.6 is 0 Å². The minimum Gasteiger partial charge on any atom is -0.481 e. The smallest absolute Gasteiger partial charge is 0.306 e. The second-order valence-corrected chi connectivity index (χ2v) is 6.51. The van der Waals surface area contributed by atoms with Gasteiger partial charge in [-0.2, -0.15) is 0 Å². The summed E-state index contributed by atoms with van der Waals surface area (Å²) in [5.41, 5.74) is 4.00. The Morgan fingerprint density at radius 2 is 2.10 bits per heavy atom. The summed E-state index contributed by atoms with van der Waals surface area (Å²) in [6.07, 6.45) is 4.34. The van der Waals surface area contributed by atoms with Crippen molar-refractivity contribution in [1.82, 2.24) is 4.90 Å². The molecule has 1 N–H and O–H groups in total. The van der Waals surface area contributed by atoms with Crippen molar-refractivity contribution in [3.8, 4) is 0 Å². The molecule has 1 saturated heterocycles. The Morgan fingerprint density at radius 3 is 2.76 bits per heavy atom. The van der Waals surface area contributed by atoms with E-state index >= 15 is 0 Å². The van der Waals surface area contributed by atoms with E-state index < -0.39 is 5.97 Å². The van der Waals surface area contributed by atoms with Crippen molar-refractivity contribution in [1.29, 1.82) is 0 Å². The normalized spacial score (nSPS) is 21.2. The molecule has 2 atom stereocenters. The Kier molecular flexibility index (Phi) is 5.40. The summed E-state index contributed by atoms with van der Waals surface area (Å²) in [6, 6.07) is 7.06. The lowest BCUT2D eigenvalue weighted by molar-refractivity contribution is -0.141. The molecule has 1 aliphatic heterocycles. The maximum absolute atomic E-state index is 11.1. The van der Waals surface area contributed by atoms with Crippen LogP contribution in [-0.2, 0) is 11.3 Å². The minimum absolute atomic E-state index is 0.254. The zero-order valence-corrected chi connectivity index (χ0v) is 13.4. The van der Waals surface area contributed by atoms with Crippen molar-refractivity contribution >= 4 is 5.97 Å². The van der Waals surface area contributed by atoms with E-state index in [1.807, 2.05) is 6.92 Å². The number of likely N-dealkylation sites (tertiary alicyclic amines) is 1. The number of carboxylic acids is 1.